The van der Waals surface area contributed by atoms with Crippen LogP contribution in [0, 0.1) is 18.3 Å². The van der Waals surface area contributed by atoms with Gasteiger partial charge in [-0.1, -0.05) is 0 Å². The fraction of sp³-hybridized carbons (Fsp3) is 0.182. The third-order valence-electron chi connectivity index (χ3n) is 5.02. The first-order valence-corrected chi connectivity index (χ1v) is 9.59. The van der Waals surface area contributed by atoms with E-state index in [0.29, 0.717) is 35.6 Å². The van der Waals surface area contributed by atoms with Gasteiger partial charge in [0.2, 0.25) is 11.8 Å². The molecule has 0 aliphatic heterocycles. The number of nitriles is 1. The van der Waals surface area contributed by atoms with Gasteiger partial charge in [0.1, 0.15) is 17.2 Å². The minimum Gasteiger partial charge on any atom is -0.383 e. The number of carbonyl (C=O) groups excluding carboxylic acids is 2. The number of nitrogens with two attached hydrogens (primary N) is 1. The molecule has 3 aromatic heterocycles. The molecule has 9 heteroatoms. The molecule has 9 nitrogen and oxygen atoms in total. The molecule has 4 N–H and O–H groups in total. The van der Waals surface area contributed by atoms with Gasteiger partial charge in [-0.25, -0.2) is 9.97 Å². The Morgan fingerprint density at radius 3 is 2.71 bits per heavy atom. The van der Waals surface area contributed by atoms with Gasteiger partial charge < -0.3 is 16.4 Å². The second kappa shape index (κ2) is 7.84. The monoisotopic (exact) mass is 413 g/mol. The Kier molecular flexibility index (Phi) is 5.05. The zero-order valence-electron chi connectivity index (χ0n) is 16.7. The molecule has 0 saturated heterocycles. The number of anilines is 2. The van der Waals surface area contributed by atoms with Crippen molar-refractivity contribution in [1.82, 2.24) is 20.3 Å². The zero-order chi connectivity index (χ0) is 22.0. The van der Waals surface area contributed by atoms with Gasteiger partial charge in [-0.3, -0.25) is 14.6 Å². The van der Waals surface area contributed by atoms with Crippen LogP contribution in [-0.2, 0) is 9.59 Å². The van der Waals surface area contributed by atoms with Crippen LogP contribution >= 0.6 is 0 Å². The highest BCUT2D eigenvalue weighted by Gasteiger charge is 2.44. The highest BCUT2D eigenvalue weighted by Crippen LogP contribution is 2.34. The predicted octanol–water partition coefficient (Wildman–Crippen LogP) is 2.25. The van der Waals surface area contributed by atoms with E-state index >= 15 is 0 Å². The Bertz CT molecular complexity index is 1270. The summed E-state index contributed by atoms with van der Waals surface area (Å²) >= 11 is 0. The molecule has 1 fully saturated rings. The van der Waals surface area contributed by atoms with Crippen LogP contribution < -0.4 is 16.4 Å². The molecule has 0 radical (unpaired) electrons. The van der Waals surface area contributed by atoms with E-state index in [-0.39, 0.29) is 0 Å². The fourth-order valence-electron chi connectivity index (χ4n) is 3.10. The van der Waals surface area contributed by atoms with Crippen molar-refractivity contribution >= 4 is 34.2 Å². The van der Waals surface area contributed by atoms with Gasteiger partial charge in [-0.05, 0) is 48.9 Å². The number of hydrogen-bond acceptors (Lipinski definition) is 7. The molecule has 0 atom stereocenters. The van der Waals surface area contributed by atoms with Crippen LogP contribution in [0.3, 0.4) is 0 Å². The minimum atomic E-state index is -0.782. The summed E-state index contributed by atoms with van der Waals surface area (Å²) in [4.78, 5) is 36.8. The van der Waals surface area contributed by atoms with Gasteiger partial charge in [0, 0.05) is 41.7 Å². The smallest absolute Gasteiger partial charge is 0.249 e. The Morgan fingerprint density at radius 2 is 2.00 bits per heavy atom. The Morgan fingerprint density at radius 1 is 1.23 bits per heavy atom. The third kappa shape index (κ3) is 4.33. The molecule has 31 heavy (non-hydrogen) atoms. The van der Waals surface area contributed by atoms with Gasteiger partial charge >= 0.3 is 0 Å². The number of pyridine rings is 3. The molecule has 1 aliphatic carbocycles. The van der Waals surface area contributed by atoms with Crippen molar-refractivity contribution in [3.8, 4) is 17.3 Å². The van der Waals surface area contributed by atoms with Crippen molar-refractivity contribution in [2.24, 2.45) is 0 Å². The molecule has 154 valence electrons. The van der Waals surface area contributed by atoms with E-state index in [1.165, 1.54) is 6.20 Å². The molecule has 2 amide bonds. The quantitative estimate of drug-likeness (QED) is 0.544. The molecule has 1 saturated carbocycles. The number of hydrogen-bond donors (Lipinski definition) is 3. The first kappa shape index (κ1) is 20.0. The number of fused-ring (bicyclic) bond motifs is 1. The van der Waals surface area contributed by atoms with E-state index in [9.17, 15) is 9.59 Å². The molecular weight excluding hydrogens is 394 g/mol. The van der Waals surface area contributed by atoms with Crippen molar-refractivity contribution < 1.29 is 9.59 Å². The molecular formula is C22H19N7O2. The summed E-state index contributed by atoms with van der Waals surface area (Å²) in [5, 5.41) is 15.6. The van der Waals surface area contributed by atoms with Crippen molar-refractivity contribution in [2.45, 2.75) is 25.3 Å². The molecule has 1 aliphatic rings. The zero-order valence-corrected chi connectivity index (χ0v) is 16.7. The maximum Gasteiger partial charge on any atom is 0.249 e. The number of rotatable bonds is 5. The standard InChI is InChI=1S/C22H19N7O2/c1-13-4-7-25-10-15(13)17-8-14-9-18(26-11-16(14)21(24)27-17)28-19(30)2-3-20(31)29-22(12-23)5-6-22/h2-4,7-11H,5-6H2,1H3,(H2,24,27)(H,29,31)(H,26,28,30)/b3-2-. The summed E-state index contributed by atoms with van der Waals surface area (Å²) in [5.74, 6) is -0.382. The number of nitrogen functional groups attached to an aromatic ring is 1. The topological polar surface area (TPSA) is 147 Å². The fourth-order valence-corrected chi connectivity index (χ4v) is 3.10. The molecule has 3 aromatic rings. The first-order chi connectivity index (χ1) is 14.9. The van der Waals surface area contributed by atoms with Crippen molar-refractivity contribution in [3.63, 3.8) is 0 Å². The van der Waals surface area contributed by atoms with Crippen molar-refractivity contribution in [2.75, 3.05) is 11.1 Å². The third-order valence-corrected chi connectivity index (χ3v) is 5.02. The van der Waals surface area contributed by atoms with Crippen LogP contribution in [0.1, 0.15) is 18.4 Å². The van der Waals surface area contributed by atoms with E-state index < -0.39 is 17.4 Å². The van der Waals surface area contributed by atoms with Gasteiger partial charge in [0.25, 0.3) is 0 Å². The second-order valence-corrected chi connectivity index (χ2v) is 7.38. The maximum absolute atomic E-state index is 12.2. The Labute approximate surface area is 178 Å². The molecule has 0 unspecified atom stereocenters. The van der Waals surface area contributed by atoms with Gasteiger partial charge in [0.15, 0.2) is 0 Å². The average molecular weight is 413 g/mol. The predicted molar refractivity (Wildman–Crippen MR) is 115 cm³/mol. The van der Waals surface area contributed by atoms with E-state index in [4.69, 9.17) is 11.0 Å². The van der Waals surface area contributed by atoms with Gasteiger partial charge in [-0.15, -0.1) is 0 Å². The van der Waals surface area contributed by atoms with Gasteiger partial charge in [-0.2, -0.15) is 5.26 Å². The van der Waals surface area contributed by atoms with Crippen molar-refractivity contribution in [1.29, 1.82) is 5.26 Å². The molecule has 0 bridgehead atoms. The lowest BCUT2D eigenvalue weighted by atomic mass is 10.1. The van der Waals surface area contributed by atoms with Crippen LogP contribution in [0.5, 0.6) is 0 Å². The van der Waals surface area contributed by atoms with E-state index in [2.05, 4.69) is 31.7 Å². The van der Waals surface area contributed by atoms with Crippen LogP contribution in [0.4, 0.5) is 11.6 Å². The van der Waals surface area contributed by atoms with Crippen LogP contribution in [-0.4, -0.2) is 32.3 Å². The van der Waals surface area contributed by atoms with Crippen LogP contribution in [0.2, 0.25) is 0 Å². The minimum absolute atomic E-state index is 0.303. The number of nitrogens with one attached hydrogen (secondary N) is 2. The summed E-state index contributed by atoms with van der Waals surface area (Å²) in [6.45, 7) is 1.96. The summed E-state index contributed by atoms with van der Waals surface area (Å²) in [5.41, 5.74) is 7.86. The number of carbonyl (C=O) groups is 2. The Hall–Kier alpha value is -4.32. The summed E-state index contributed by atoms with van der Waals surface area (Å²) < 4.78 is 0. The highest BCUT2D eigenvalue weighted by atomic mass is 16.2. The SMILES string of the molecule is Cc1ccncc1-c1cc2cc(NC(=O)/C=C\C(=O)NC3(C#N)CC3)ncc2c(N)n1. The van der Waals surface area contributed by atoms with Crippen molar-refractivity contribution in [3.05, 3.63) is 54.5 Å². The molecule has 3 heterocycles. The summed E-state index contributed by atoms with van der Waals surface area (Å²) in [7, 11) is 0. The normalized spacial score (nSPS) is 14.2. The number of aryl methyl sites for hydroxylation is 1. The maximum atomic E-state index is 12.2. The van der Waals surface area contributed by atoms with E-state index in [1.807, 2.05) is 19.1 Å². The number of amides is 2. The van der Waals surface area contributed by atoms with E-state index in [1.54, 1.807) is 18.5 Å². The van der Waals surface area contributed by atoms with Gasteiger partial charge in [0.05, 0.1) is 11.8 Å². The summed E-state index contributed by atoms with van der Waals surface area (Å²) in [6, 6.07) is 7.48. The van der Waals surface area contributed by atoms with E-state index in [0.717, 1.165) is 28.7 Å². The number of aromatic nitrogens is 3. The molecule has 4 rings (SSSR count). The largest absolute Gasteiger partial charge is 0.383 e. The Balaban J connectivity index is 1.52. The lowest BCUT2D eigenvalue weighted by Gasteiger charge is -2.09. The first-order valence-electron chi connectivity index (χ1n) is 9.59. The average Bonchev–Trinajstić information content (AvgIpc) is 3.52. The molecule has 0 aromatic carbocycles. The lowest BCUT2D eigenvalue weighted by molar-refractivity contribution is -0.117. The lowest BCUT2D eigenvalue weighted by Crippen LogP contribution is -2.34. The summed E-state index contributed by atoms with van der Waals surface area (Å²) in [6.07, 6.45) is 8.40. The number of nitrogens with zero attached hydrogens (tertiary/aromatic N) is 4. The van der Waals surface area contributed by atoms with Crippen LogP contribution in [0.15, 0.2) is 48.9 Å². The van der Waals surface area contributed by atoms with Crippen LogP contribution in [0.25, 0.3) is 22.0 Å². The highest BCUT2D eigenvalue weighted by molar-refractivity contribution is 6.04. The second-order valence-electron chi connectivity index (χ2n) is 7.38. The molecule has 0 spiro atoms.